The van der Waals surface area contributed by atoms with Crippen LogP contribution in [0.5, 0.6) is 5.75 Å². The van der Waals surface area contributed by atoms with Gasteiger partial charge in [0.15, 0.2) is 0 Å². The molecule has 4 rings (SSSR count). The summed E-state index contributed by atoms with van der Waals surface area (Å²) in [6.45, 7) is 2.54. The molecule has 2 aromatic carbocycles. The molecule has 1 aliphatic rings. The van der Waals surface area contributed by atoms with Crippen LogP contribution in [0.2, 0.25) is 5.02 Å². The third kappa shape index (κ3) is 7.89. The van der Waals surface area contributed by atoms with Gasteiger partial charge in [0.05, 0.1) is 32.3 Å². The van der Waals surface area contributed by atoms with Crippen molar-refractivity contribution >= 4 is 34.9 Å². The first kappa shape index (κ1) is 31.1. The van der Waals surface area contributed by atoms with Crippen LogP contribution >= 0.6 is 11.6 Å². The van der Waals surface area contributed by atoms with E-state index < -0.39 is 12.0 Å². The molecule has 0 aliphatic carbocycles. The predicted molar refractivity (Wildman–Crippen MR) is 167 cm³/mol. The molecule has 2 heterocycles. The minimum absolute atomic E-state index is 0.128. The number of aliphatic imine (C=N–C) groups is 1. The highest BCUT2D eigenvalue weighted by atomic mass is 35.5. The zero-order valence-corrected chi connectivity index (χ0v) is 25.7. The Labute approximate surface area is 252 Å². The normalized spacial score (nSPS) is 16.2. The summed E-state index contributed by atoms with van der Waals surface area (Å²) in [5.41, 5.74) is 6.60. The Hall–Kier alpha value is -3.89. The molecule has 224 valence electrons. The van der Waals surface area contributed by atoms with Gasteiger partial charge < -0.3 is 20.4 Å². The van der Waals surface area contributed by atoms with Crippen molar-refractivity contribution in [3.63, 3.8) is 0 Å². The van der Waals surface area contributed by atoms with Gasteiger partial charge in [-0.15, -0.1) is 0 Å². The maximum absolute atomic E-state index is 14.2. The standard InChI is InChI=1S/C31H40ClN7O3/c1-6-7-11-27(30(40)35-26-10-8-9-21(16-26)24-18-34-38(4)19-24)39-20-29(36-37(2)3)33-17-23(31(39)41)14-22-15-25(32)12-13-28(22)42-5/h8-10,12-13,15-16,18-19,23,27H,6-7,11,14,17,20H2,1-5H3,(H,33,36)(H,35,40)/t23-,27+/m1/s1. The zero-order valence-electron chi connectivity index (χ0n) is 24.9. The number of nitrogens with zero attached hydrogens (tertiary/aromatic N) is 5. The summed E-state index contributed by atoms with van der Waals surface area (Å²) in [5.74, 6) is 0.431. The monoisotopic (exact) mass is 593 g/mol. The first-order valence-electron chi connectivity index (χ1n) is 14.2. The van der Waals surface area contributed by atoms with Crippen LogP contribution in [0.3, 0.4) is 0 Å². The van der Waals surface area contributed by atoms with Crippen molar-refractivity contribution in [2.24, 2.45) is 18.0 Å². The lowest BCUT2D eigenvalue weighted by molar-refractivity contribution is -0.141. The van der Waals surface area contributed by atoms with Gasteiger partial charge in [-0.25, -0.2) is 5.01 Å². The predicted octanol–water partition coefficient (Wildman–Crippen LogP) is 4.41. The molecule has 10 nitrogen and oxygen atoms in total. The van der Waals surface area contributed by atoms with Crippen molar-refractivity contribution in [3.8, 4) is 16.9 Å². The van der Waals surface area contributed by atoms with Gasteiger partial charge >= 0.3 is 0 Å². The van der Waals surface area contributed by atoms with Gasteiger partial charge in [0, 0.05) is 43.6 Å². The van der Waals surface area contributed by atoms with Gasteiger partial charge in [0.25, 0.3) is 0 Å². The van der Waals surface area contributed by atoms with Crippen molar-refractivity contribution in [2.45, 2.75) is 38.6 Å². The van der Waals surface area contributed by atoms with Crippen LogP contribution in [0.15, 0.2) is 59.9 Å². The average Bonchev–Trinajstić information content (AvgIpc) is 3.34. The maximum Gasteiger partial charge on any atom is 0.247 e. The Balaban J connectivity index is 1.64. The lowest BCUT2D eigenvalue weighted by Crippen LogP contribution is -2.53. The average molecular weight is 594 g/mol. The highest BCUT2D eigenvalue weighted by molar-refractivity contribution is 6.30. The number of halogens is 1. The molecule has 42 heavy (non-hydrogen) atoms. The van der Waals surface area contributed by atoms with E-state index in [0.29, 0.717) is 35.1 Å². The third-order valence-electron chi connectivity index (χ3n) is 7.19. The van der Waals surface area contributed by atoms with Crippen LogP contribution in [-0.2, 0) is 23.1 Å². The van der Waals surface area contributed by atoms with Crippen LogP contribution in [-0.4, -0.2) is 77.7 Å². The van der Waals surface area contributed by atoms with Crippen molar-refractivity contribution < 1.29 is 14.3 Å². The molecule has 0 saturated heterocycles. The van der Waals surface area contributed by atoms with E-state index in [1.54, 1.807) is 40.0 Å². The van der Waals surface area contributed by atoms with Crippen LogP contribution in [0.25, 0.3) is 11.1 Å². The van der Waals surface area contributed by atoms with Crippen molar-refractivity contribution in [3.05, 3.63) is 65.4 Å². The molecule has 0 saturated carbocycles. The summed E-state index contributed by atoms with van der Waals surface area (Å²) in [4.78, 5) is 34.6. The number of amidine groups is 1. The molecule has 1 aromatic heterocycles. The number of nitrogens with one attached hydrogen (secondary N) is 2. The molecule has 0 bridgehead atoms. The van der Waals surface area contributed by atoms with Crippen LogP contribution in [0.4, 0.5) is 5.69 Å². The number of rotatable bonds is 11. The number of amides is 2. The molecule has 2 amide bonds. The van der Waals surface area contributed by atoms with Crippen LogP contribution in [0.1, 0.15) is 31.7 Å². The molecule has 2 atom stereocenters. The molecule has 0 unspecified atom stereocenters. The van der Waals surface area contributed by atoms with Gasteiger partial charge in [0.1, 0.15) is 17.6 Å². The van der Waals surface area contributed by atoms with Crippen molar-refractivity contribution in [1.82, 2.24) is 25.1 Å². The number of hydrazine groups is 1. The van der Waals surface area contributed by atoms with E-state index in [2.05, 4.69) is 22.8 Å². The van der Waals surface area contributed by atoms with Crippen molar-refractivity contribution in [1.29, 1.82) is 0 Å². The first-order valence-corrected chi connectivity index (χ1v) is 14.6. The Kier molecular flexibility index (Phi) is 10.6. The molecule has 0 spiro atoms. The van der Waals surface area contributed by atoms with Crippen LogP contribution < -0.4 is 15.5 Å². The molecule has 11 heteroatoms. The summed E-state index contributed by atoms with van der Waals surface area (Å²) in [6, 6.07) is 12.4. The fraction of sp³-hybridized carbons (Fsp3) is 0.419. The number of ether oxygens (including phenoxy) is 1. The number of carbonyl (C=O) groups excluding carboxylic acids is 2. The number of anilines is 1. The smallest absolute Gasteiger partial charge is 0.247 e. The Bertz CT molecular complexity index is 1420. The molecule has 0 fully saturated rings. The lowest BCUT2D eigenvalue weighted by atomic mass is 9.96. The molecule has 1 aliphatic heterocycles. The Morgan fingerprint density at radius 2 is 2.02 bits per heavy atom. The molecule has 3 aromatic rings. The second kappa shape index (κ2) is 14.3. The Morgan fingerprint density at radius 1 is 1.21 bits per heavy atom. The highest BCUT2D eigenvalue weighted by Gasteiger charge is 2.36. The highest BCUT2D eigenvalue weighted by Crippen LogP contribution is 2.28. The van der Waals surface area contributed by atoms with E-state index in [1.165, 1.54) is 0 Å². The number of benzene rings is 2. The fourth-order valence-electron chi connectivity index (χ4n) is 5.14. The second-order valence-electron chi connectivity index (χ2n) is 10.7. The first-order chi connectivity index (χ1) is 20.2. The molecular formula is C31H40ClN7O3. The van der Waals surface area contributed by atoms with E-state index >= 15 is 0 Å². The third-order valence-corrected chi connectivity index (χ3v) is 7.43. The molecular weight excluding hydrogens is 554 g/mol. The Morgan fingerprint density at radius 3 is 2.71 bits per heavy atom. The van der Waals surface area contributed by atoms with E-state index in [9.17, 15) is 9.59 Å². The van der Waals surface area contributed by atoms with Crippen molar-refractivity contribution in [2.75, 3.05) is 39.6 Å². The minimum atomic E-state index is -0.685. The number of hydrogen-bond acceptors (Lipinski definition) is 7. The second-order valence-corrected chi connectivity index (χ2v) is 11.2. The van der Waals surface area contributed by atoms with Gasteiger partial charge in [0.2, 0.25) is 11.8 Å². The van der Waals surface area contributed by atoms with E-state index in [1.807, 2.05) is 57.7 Å². The van der Waals surface area contributed by atoms with E-state index in [0.717, 1.165) is 29.5 Å². The number of hydrogen-bond donors (Lipinski definition) is 2. The topological polar surface area (TPSA) is 104 Å². The fourth-order valence-corrected chi connectivity index (χ4v) is 5.33. The van der Waals surface area contributed by atoms with Gasteiger partial charge in [-0.3, -0.25) is 19.3 Å². The number of methoxy groups -OCH3 is 1. The summed E-state index contributed by atoms with van der Waals surface area (Å²) in [6.07, 6.45) is 6.30. The maximum atomic E-state index is 14.2. The molecule has 0 radical (unpaired) electrons. The summed E-state index contributed by atoms with van der Waals surface area (Å²) >= 11 is 6.30. The lowest BCUT2D eigenvalue weighted by Gasteiger charge is -2.33. The van der Waals surface area contributed by atoms with Gasteiger partial charge in [-0.1, -0.05) is 43.5 Å². The SMILES string of the molecule is CCCC[C@@H](C(=O)Nc1cccc(-c2cnn(C)c2)c1)N1CC(NN(C)C)=NC[C@@H](Cc2cc(Cl)ccc2OC)C1=O. The minimum Gasteiger partial charge on any atom is -0.496 e. The van der Waals surface area contributed by atoms with Gasteiger partial charge in [-0.2, -0.15) is 5.10 Å². The summed E-state index contributed by atoms with van der Waals surface area (Å²) in [5, 5.41) is 9.69. The van der Waals surface area contributed by atoms with Crippen LogP contribution in [0, 0.1) is 5.92 Å². The largest absolute Gasteiger partial charge is 0.496 e. The van der Waals surface area contributed by atoms with E-state index in [4.69, 9.17) is 21.3 Å². The van der Waals surface area contributed by atoms with Gasteiger partial charge in [-0.05, 0) is 54.3 Å². The summed E-state index contributed by atoms with van der Waals surface area (Å²) in [7, 11) is 7.19. The quantitative estimate of drug-likeness (QED) is 0.319. The van der Waals surface area contributed by atoms with E-state index in [-0.39, 0.29) is 24.9 Å². The number of carbonyl (C=O) groups is 2. The zero-order chi connectivity index (χ0) is 30.2. The molecule has 2 N–H and O–H groups in total. The summed E-state index contributed by atoms with van der Waals surface area (Å²) < 4.78 is 7.29. The number of unbranched alkanes of at least 4 members (excludes halogenated alkanes) is 1. The number of aryl methyl sites for hydroxylation is 1. The number of aromatic nitrogens is 2.